The van der Waals surface area contributed by atoms with Crippen LogP contribution in [0.2, 0.25) is 0 Å². The van der Waals surface area contributed by atoms with E-state index in [1.165, 1.54) is 6.07 Å². The van der Waals surface area contributed by atoms with Gasteiger partial charge in [0.05, 0.1) is 11.4 Å². The van der Waals surface area contributed by atoms with Crippen molar-refractivity contribution >= 4 is 11.4 Å². The van der Waals surface area contributed by atoms with Gasteiger partial charge in [-0.05, 0) is 29.8 Å². The van der Waals surface area contributed by atoms with Crippen LogP contribution in [-0.4, -0.2) is 10.2 Å². The van der Waals surface area contributed by atoms with Gasteiger partial charge in [0, 0.05) is 5.56 Å². The first kappa shape index (κ1) is 12.7. The average Bonchev–Trinajstić information content (AvgIpc) is 2.28. The van der Waals surface area contributed by atoms with Crippen LogP contribution in [0.5, 0.6) is 11.5 Å². The molecule has 0 spiro atoms. The van der Waals surface area contributed by atoms with Crippen LogP contribution >= 0.6 is 0 Å². The van der Waals surface area contributed by atoms with Crippen LogP contribution in [0.25, 0.3) is 11.1 Å². The number of anilines is 2. The highest BCUT2D eigenvalue weighted by Gasteiger charge is 2.08. The van der Waals surface area contributed by atoms with Crippen molar-refractivity contribution in [2.24, 2.45) is 0 Å². The summed E-state index contributed by atoms with van der Waals surface area (Å²) in [5.74, 6) is 0.161. The predicted octanol–water partition coefficient (Wildman–Crippen LogP) is 2.57. The first-order chi connectivity index (χ1) is 7.59. The molecule has 2 aromatic carbocycles. The molecule has 0 amide bonds. The van der Waals surface area contributed by atoms with Crippen molar-refractivity contribution in [1.29, 1.82) is 0 Å². The van der Waals surface area contributed by atoms with Crippen molar-refractivity contribution < 1.29 is 10.2 Å². The molecule has 0 heterocycles. The molecular weight excluding hydrogens is 216 g/mol. The van der Waals surface area contributed by atoms with E-state index in [0.29, 0.717) is 5.69 Å². The molecule has 4 heteroatoms. The fourth-order valence-corrected chi connectivity index (χ4v) is 1.52. The molecule has 2 rings (SSSR count). The first-order valence-electron chi connectivity index (χ1n) is 4.76. The van der Waals surface area contributed by atoms with Gasteiger partial charge < -0.3 is 21.7 Å². The topological polar surface area (TPSA) is 92.5 Å². The fourth-order valence-electron chi connectivity index (χ4n) is 1.52. The molecule has 0 aromatic heterocycles. The summed E-state index contributed by atoms with van der Waals surface area (Å²) >= 11 is 0. The summed E-state index contributed by atoms with van der Waals surface area (Å²) in [7, 11) is 0. The van der Waals surface area contributed by atoms with E-state index in [2.05, 4.69) is 0 Å². The molecule has 0 saturated heterocycles. The van der Waals surface area contributed by atoms with Gasteiger partial charge in [-0.3, -0.25) is 0 Å². The van der Waals surface area contributed by atoms with E-state index >= 15 is 0 Å². The average molecular weight is 232 g/mol. The Balaban J connectivity index is 0.00000144. The minimum Gasteiger partial charge on any atom is -0.508 e. The Kier molecular flexibility index (Phi) is 3.48. The highest BCUT2D eigenvalue weighted by Crippen LogP contribution is 2.36. The third kappa shape index (κ3) is 2.25. The summed E-state index contributed by atoms with van der Waals surface area (Å²) in [6, 6.07) is 9.78. The van der Waals surface area contributed by atoms with Crippen LogP contribution in [0.1, 0.15) is 7.43 Å². The highest BCUT2D eigenvalue weighted by atomic mass is 16.3. The van der Waals surface area contributed by atoms with Crippen LogP contribution in [-0.2, 0) is 0 Å². The zero-order valence-electron chi connectivity index (χ0n) is 8.51. The molecular formula is C13H16N2O2. The van der Waals surface area contributed by atoms with Crippen molar-refractivity contribution in [3.8, 4) is 22.6 Å². The Bertz CT molecular complexity index is 522. The maximum absolute atomic E-state index is 9.37. The van der Waals surface area contributed by atoms with Crippen molar-refractivity contribution in [2.75, 3.05) is 11.5 Å². The minimum absolute atomic E-state index is 0. The second-order valence-electron chi connectivity index (χ2n) is 3.51. The number of phenolic OH excluding ortho intramolecular Hbond substituents is 2. The summed E-state index contributed by atoms with van der Waals surface area (Å²) in [5, 5.41) is 18.5. The van der Waals surface area contributed by atoms with Crippen molar-refractivity contribution in [2.45, 2.75) is 7.43 Å². The van der Waals surface area contributed by atoms with Gasteiger partial charge in [0.25, 0.3) is 0 Å². The second-order valence-corrected chi connectivity index (χ2v) is 3.51. The SMILES string of the molecule is C.Nc1c(O)ccc(-c2ccc(O)cc2)c1N. The highest BCUT2D eigenvalue weighted by molar-refractivity contribution is 5.87. The molecule has 0 saturated carbocycles. The van der Waals surface area contributed by atoms with Crippen molar-refractivity contribution in [3.05, 3.63) is 36.4 Å². The Morgan fingerprint density at radius 2 is 1.35 bits per heavy atom. The summed E-state index contributed by atoms with van der Waals surface area (Å²) in [6.45, 7) is 0. The quantitative estimate of drug-likeness (QED) is 0.449. The number of aromatic hydroxyl groups is 2. The van der Waals surface area contributed by atoms with Crippen molar-refractivity contribution in [3.63, 3.8) is 0 Å². The molecule has 90 valence electrons. The summed E-state index contributed by atoms with van der Waals surface area (Å²) in [6.07, 6.45) is 0. The normalized spacial score (nSPS) is 9.65. The van der Waals surface area contributed by atoms with E-state index in [-0.39, 0.29) is 24.6 Å². The molecule has 0 bridgehead atoms. The number of hydrogen-bond donors (Lipinski definition) is 4. The third-order valence-electron chi connectivity index (χ3n) is 2.44. The Hall–Kier alpha value is -2.36. The standard InChI is InChI=1S/C12H12N2O2.CH4/c13-11-9(5-6-10(16)12(11)14)7-1-3-8(15)4-2-7;/h1-6,15-16H,13-14H2;1H4. The zero-order valence-corrected chi connectivity index (χ0v) is 8.51. The van der Waals surface area contributed by atoms with Gasteiger partial charge in [0.15, 0.2) is 0 Å². The van der Waals surface area contributed by atoms with Gasteiger partial charge in [-0.25, -0.2) is 0 Å². The monoisotopic (exact) mass is 232 g/mol. The maximum Gasteiger partial charge on any atom is 0.140 e. The summed E-state index contributed by atoms with van der Waals surface area (Å²) < 4.78 is 0. The van der Waals surface area contributed by atoms with Crippen LogP contribution in [0.3, 0.4) is 0 Å². The summed E-state index contributed by atoms with van der Waals surface area (Å²) in [4.78, 5) is 0. The van der Waals surface area contributed by atoms with E-state index in [1.54, 1.807) is 30.3 Å². The van der Waals surface area contributed by atoms with Crippen molar-refractivity contribution in [1.82, 2.24) is 0 Å². The molecule has 2 aromatic rings. The second kappa shape index (κ2) is 4.65. The zero-order chi connectivity index (χ0) is 11.7. The molecule has 6 N–H and O–H groups in total. The number of phenols is 2. The molecule has 0 unspecified atom stereocenters. The number of hydrogen-bond acceptors (Lipinski definition) is 4. The fraction of sp³-hybridized carbons (Fsp3) is 0.0769. The predicted molar refractivity (Wildman–Crippen MR) is 70.8 cm³/mol. The number of benzene rings is 2. The van der Waals surface area contributed by atoms with Gasteiger partial charge in [-0.15, -0.1) is 0 Å². The number of nitrogen functional groups attached to an aromatic ring is 2. The smallest absolute Gasteiger partial charge is 0.140 e. The molecule has 0 aliphatic carbocycles. The lowest BCUT2D eigenvalue weighted by Crippen LogP contribution is -1.97. The lowest BCUT2D eigenvalue weighted by atomic mass is 10.0. The van der Waals surface area contributed by atoms with Gasteiger partial charge in [-0.2, -0.15) is 0 Å². The van der Waals surface area contributed by atoms with Gasteiger partial charge in [-0.1, -0.05) is 19.6 Å². The minimum atomic E-state index is -0.0278. The van der Waals surface area contributed by atoms with E-state index in [9.17, 15) is 10.2 Å². The lowest BCUT2D eigenvalue weighted by molar-refractivity contribution is 0.475. The first-order valence-corrected chi connectivity index (χ1v) is 4.76. The van der Waals surface area contributed by atoms with Crippen LogP contribution in [0.15, 0.2) is 36.4 Å². The van der Waals surface area contributed by atoms with Crippen LogP contribution in [0.4, 0.5) is 11.4 Å². The van der Waals surface area contributed by atoms with Crippen LogP contribution < -0.4 is 11.5 Å². The van der Waals surface area contributed by atoms with Gasteiger partial charge in [0.2, 0.25) is 0 Å². The molecule has 0 atom stereocenters. The molecule has 0 fully saturated rings. The van der Waals surface area contributed by atoms with E-state index in [1.807, 2.05) is 0 Å². The summed E-state index contributed by atoms with van der Waals surface area (Å²) in [5.41, 5.74) is 13.5. The van der Waals surface area contributed by atoms with E-state index < -0.39 is 0 Å². The van der Waals surface area contributed by atoms with E-state index in [4.69, 9.17) is 11.5 Å². The van der Waals surface area contributed by atoms with Crippen LogP contribution in [0, 0.1) is 0 Å². The Morgan fingerprint density at radius 1 is 0.765 bits per heavy atom. The lowest BCUT2D eigenvalue weighted by Gasteiger charge is -2.09. The van der Waals surface area contributed by atoms with Gasteiger partial charge in [0.1, 0.15) is 11.5 Å². The van der Waals surface area contributed by atoms with E-state index in [0.717, 1.165) is 11.1 Å². The molecule has 17 heavy (non-hydrogen) atoms. The largest absolute Gasteiger partial charge is 0.508 e. The molecule has 0 aliphatic heterocycles. The third-order valence-corrected chi connectivity index (χ3v) is 2.44. The Labute approximate surface area is 100 Å². The maximum atomic E-state index is 9.37. The molecule has 0 radical (unpaired) electrons. The molecule has 4 nitrogen and oxygen atoms in total. The molecule has 0 aliphatic rings. The Morgan fingerprint density at radius 3 is 1.94 bits per heavy atom. The number of nitrogens with two attached hydrogens (primary N) is 2. The van der Waals surface area contributed by atoms with Gasteiger partial charge >= 0.3 is 0 Å². The number of rotatable bonds is 1.